The Bertz CT molecular complexity index is 442. The van der Waals surface area contributed by atoms with Crippen LogP contribution in [-0.4, -0.2) is 26.5 Å². The molecule has 1 aromatic carbocycles. The van der Waals surface area contributed by atoms with Gasteiger partial charge in [0.2, 0.25) is 5.91 Å². The number of amides is 1. The van der Waals surface area contributed by atoms with Gasteiger partial charge in [-0.3, -0.25) is 4.79 Å². The lowest BCUT2D eigenvalue weighted by Gasteiger charge is -2.29. The quantitative estimate of drug-likeness (QED) is 0.887. The van der Waals surface area contributed by atoms with Crippen molar-refractivity contribution in [2.24, 2.45) is 17.6 Å². The topological polar surface area (TPSA) is 58.4 Å². The third-order valence-corrected chi connectivity index (χ3v) is 4.20. The van der Waals surface area contributed by atoms with Gasteiger partial charge in [0.25, 0.3) is 0 Å². The molecule has 0 aliphatic heterocycles. The maximum absolute atomic E-state index is 12.4. The minimum Gasteiger partial charge on any atom is -0.378 e. The van der Waals surface area contributed by atoms with Crippen LogP contribution in [0.1, 0.15) is 25.7 Å². The Kier molecular flexibility index (Phi) is 5.01. The summed E-state index contributed by atoms with van der Waals surface area (Å²) in [7, 11) is 4.00. The summed E-state index contributed by atoms with van der Waals surface area (Å²) >= 11 is 0. The third-order valence-electron chi connectivity index (χ3n) is 4.20. The van der Waals surface area contributed by atoms with Gasteiger partial charge in [-0.25, -0.2) is 0 Å². The minimum absolute atomic E-state index is 0.0716. The van der Waals surface area contributed by atoms with Gasteiger partial charge in [-0.1, -0.05) is 12.8 Å². The smallest absolute Gasteiger partial charge is 0.227 e. The number of anilines is 2. The molecule has 20 heavy (non-hydrogen) atoms. The number of nitrogens with zero attached hydrogens (tertiary/aromatic N) is 1. The molecule has 1 aliphatic carbocycles. The van der Waals surface area contributed by atoms with E-state index in [1.54, 1.807) is 0 Å². The van der Waals surface area contributed by atoms with Gasteiger partial charge < -0.3 is 16.0 Å². The second-order valence-corrected chi connectivity index (χ2v) is 5.82. The summed E-state index contributed by atoms with van der Waals surface area (Å²) in [5.41, 5.74) is 7.78. The van der Waals surface area contributed by atoms with E-state index in [0.717, 1.165) is 30.6 Å². The van der Waals surface area contributed by atoms with Crippen LogP contribution in [0, 0.1) is 11.8 Å². The summed E-state index contributed by atoms with van der Waals surface area (Å²) < 4.78 is 0. The van der Waals surface area contributed by atoms with E-state index in [0.29, 0.717) is 12.5 Å². The second-order valence-electron chi connectivity index (χ2n) is 5.82. The monoisotopic (exact) mass is 275 g/mol. The van der Waals surface area contributed by atoms with Gasteiger partial charge in [0.15, 0.2) is 0 Å². The number of nitrogens with two attached hydrogens (primary N) is 1. The molecule has 1 aliphatic rings. The van der Waals surface area contributed by atoms with E-state index >= 15 is 0 Å². The Morgan fingerprint density at radius 1 is 1.25 bits per heavy atom. The molecule has 2 rings (SSSR count). The highest BCUT2D eigenvalue weighted by Crippen LogP contribution is 2.30. The van der Waals surface area contributed by atoms with Crippen molar-refractivity contribution in [3.05, 3.63) is 24.3 Å². The highest BCUT2D eigenvalue weighted by Gasteiger charge is 2.29. The van der Waals surface area contributed by atoms with Crippen LogP contribution < -0.4 is 16.0 Å². The Morgan fingerprint density at radius 3 is 2.50 bits per heavy atom. The van der Waals surface area contributed by atoms with Gasteiger partial charge in [0.05, 0.1) is 0 Å². The molecule has 110 valence electrons. The molecule has 1 amide bonds. The molecule has 1 aromatic rings. The number of carbonyl (C=O) groups excluding carboxylic acids is 1. The number of hydrogen-bond donors (Lipinski definition) is 2. The fourth-order valence-electron chi connectivity index (χ4n) is 2.91. The third kappa shape index (κ3) is 3.51. The SMILES string of the molecule is CN(C)c1ccc(NC(=O)C2CCCCC2CN)cc1. The predicted octanol–water partition coefficient (Wildman–Crippen LogP) is 2.46. The fourth-order valence-corrected chi connectivity index (χ4v) is 2.91. The van der Waals surface area contributed by atoms with Gasteiger partial charge in [-0.2, -0.15) is 0 Å². The van der Waals surface area contributed by atoms with Crippen molar-refractivity contribution >= 4 is 17.3 Å². The van der Waals surface area contributed by atoms with Crippen molar-refractivity contribution in [3.63, 3.8) is 0 Å². The first kappa shape index (κ1) is 14.9. The van der Waals surface area contributed by atoms with Crippen LogP contribution in [0.2, 0.25) is 0 Å². The van der Waals surface area contributed by atoms with Gasteiger partial charge >= 0.3 is 0 Å². The molecular weight excluding hydrogens is 250 g/mol. The van der Waals surface area contributed by atoms with Gasteiger partial charge in [-0.15, -0.1) is 0 Å². The van der Waals surface area contributed by atoms with E-state index in [2.05, 4.69) is 5.32 Å². The van der Waals surface area contributed by atoms with Crippen LogP contribution >= 0.6 is 0 Å². The number of benzene rings is 1. The standard InChI is InChI=1S/C16H25N3O/c1-19(2)14-9-7-13(8-10-14)18-16(20)15-6-4-3-5-12(15)11-17/h7-10,12,15H,3-6,11,17H2,1-2H3,(H,18,20). The van der Waals surface area contributed by atoms with E-state index in [4.69, 9.17) is 5.73 Å². The maximum Gasteiger partial charge on any atom is 0.227 e. The first-order valence-corrected chi connectivity index (χ1v) is 7.40. The molecule has 3 N–H and O–H groups in total. The van der Waals surface area contributed by atoms with Crippen LogP contribution in [0.15, 0.2) is 24.3 Å². The van der Waals surface area contributed by atoms with E-state index < -0.39 is 0 Å². The lowest BCUT2D eigenvalue weighted by atomic mass is 9.78. The van der Waals surface area contributed by atoms with Gasteiger partial charge in [0, 0.05) is 31.4 Å². The van der Waals surface area contributed by atoms with Crippen molar-refractivity contribution in [3.8, 4) is 0 Å². The minimum atomic E-state index is 0.0716. The molecule has 0 spiro atoms. The molecule has 1 fully saturated rings. The molecule has 4 nitrogen and oxygen atoms in total. The normalized spacial score (nSPS) is 22.4. The molecule has 2 atom stereocenters. The molecule has 0 saturated heterocycles. The molecule has 0 bridgehead atoms. The van der Waals surface area contributed by atoms with Crippen LogP contribution in [0.4, 0.5) is 11.4 Å². The summed E-state index contributed by atoms with van der Waals surface area (Å²) in [4.78, 5) is 14.4. The highest BCUT2D eigenvalue weighted by molar-refractivity contribution is 5.93. The van der Waals surface area contributed by atoms with Crippen LogP contribution in [-0.2, 0) is 4.79 Å². The first-order valence-electron chi connectivity index (χ1n) is 7.40. The lowest BCUT2D eigenvalue weighted by molar-refractivity contribution is -0.122. The van der Waals surface area contributed by atoms with Crippen LogP contribution in [0.5, 0.6) is 0 Å². The molecule has 0 radical (unpaired) electrons. The summed E-state index contributed by atoms with van der Waals surface area (Å²) in [6.45, 7) is 0.609. The number of nitrogens with one attached hydrogen (secondary N) is 1. The van der Waals surface area contributed by atoms with Crippen molar-refractivity contribution in [2.75, 3.05) is 30.9 Å². The number of rotatable bonds is 4. The Labute approximate surface area is 121 Å². The van der Waals surface area contributed by atoms with E-state index in [1.807, 2.05) is 43.3 Å². The first-order chi connectivity index (χ1) is 9.61. The zero-order valence-corrected chi connectivity index (χ0v) is 12.4. The van der Waals surface area contributed by atoms with E-state index in [9.17, 15) is 4.79 Å². The molecular formula is C16H25N3O. The van der Waals surface area contributed by atoms with Gasteiger partial charge in [0.1, 0.15) is 0 Å². The molecule has 0 heterocycles. The van der Waals surface area contributed by atoms with E-state index in [-0.39, 0.29) is 11.8 Å². The zero-order valence-electron chi connectivity index (χ0n) is 12.4. The van der Waals surface area contributed by atoms with Crippen molar-refractivity contribution < 1.29 is 4.79 Å². The Hall–Kier alpha value is -1.55. The molecule has 0 aromatic heterocycles. The Morgan fingerprint density at radius 2 is 1.90 bits per heavy atom. The van der Waals surface area contributed by atoms with Gasteiger partial charge in [-0.05, 0) is 49.6 Å². The summed E-state index contributed by atoms with van der Waals surface area (Å²) in [5.74, 6) is 0.532. The van der Waals surface area contributed by atoms with Crippen molar-refractivity contribution in [1.29, 1.82) is 0 Å². The average Bonchev–Trinajstić information content (AvgIpc) is 2.47. The summed E-state index contributed by atoms with van der Waals surface area (Å²) in [5, 5.41) is 3.03. The fraction of sp³-hybridized carbons (Fsp3) is 0.562. The van der Waals surface area contributed by atoms with Crippen LogP contribution in [0.3, 0.4) is 0 Å². The molecule has 4 heteroatoms. The van der Waals surface area contributed by atoms with Crippen molar-refractivity contribution in [1.82, 2.24) is 0 Å². The summed E-state index contributed by atoms with van der Waals surface area (Å²) in [6.07, 6.45) is 4.37. The van der Waals surface area contributed by atoms with Crippen LogP contribution in [0.25, 0.3) is 0 Å². The summed E-state index contributed by atoms with van der Waals surface area (Å²) in [6, 6.07) is 7.93. The number of hydrogen-bond acceptors (Lipinski definition) is 3. The Balaban J connectivity index is 1.99. The predicted molar refractivity (Wildman–Crippen MR) is 83.9 cm³/mol. The average molecular weight is 275 g/mol. The zero-order chi connectivity index (χ0) is 14.5. The van der Waals surface area contributed by atoms with E-state index in [1.165, 1.54) is 6.42 Å². The second kappa shape index (κ2) is 6.75. The van der Waals surface area contributed by atoms with Crippen molar-refractivity contribution in [2.45, 2.75) is 25.7 Å². The molecule has 2 unspecified atom stereocenters. The molecule has 1 saturated carbocycles. The highest BCUT2D eigenvalue weighted by atomic mass is 16.1. The largest absolute Gasteiger partial charge is 0.378 e. The lowest BCUT2D eigenvalue weighted by Crippen LogP contribution is -2.35. The number of carbonyl (C=O) groups is 1. The maximum atomic E-state index is 12.4.